The molecule has 0 amide bonds. The Balaban J connectivity index is 1.58. The highest BCUT2D eigenvalue weighted by Gasteiger charge is 2.31. The van der Waals surface area contributed by atoms with E-state index in [1.165, 1.54) is 12.1 Å². The van der Waals surface area contributed by atoms with Gasteiger partial charge in [-0.2, -0.15) is 13.2 Å². The maximum absolute atomic E-state index is 12.8. The van der Waals surface area contributed by atoms with Crippen LogP contribution in [0.15, 0.2) is 52.4 Å². The quantitative estimate of drug-likeness (QED) is 0.326. The molecule has 1 aliphatic heterocycles. The Morgan fingerprint density at radius 2 is 1.93 bits per heavy atom. The maximum atomic E-state index is 12.8. The molecule has 4 N–H and O–H groups in total. The Bertz CT molecular complexity index is 942. The highest BCUT2D eigenvalue weighted by molar-refractivity contribution is 8.16. The van der Waals surface area contributed by atoms with Crippen LogP contribution in [0.5, 0.6) is 0 Å². The summed E-state index contributed by atoms with van der Waals surface area (Å²) in [6.45, 7) is 4.59. The van der Waals surface area contributed by atoms with E-state index < -0.39 is 11.7 Å². The summed E-state index contributed by atoms with van der Waals surface area (Å²) in [5.41, 5.74) is 7.63. The van der Waals surface area contributed by atoms with Crippen molar-refractivity contribution in [1.82, 2.24) is 5.32 Å². The van der Waals surface area contributed by atoms with E-state index in [0.29, 0.717) is 6.54 Å². The number of rotatable bonds is 6. The van der Waals surface area contributed by atoms with E-state index in [1.54, 1.807) is 23.5 Å². The van der Waals surface area contributed by atoms with Gasteiger partial charge in [0.05, 0.1) is 16.6 Å². The number of halogens is 3. The minimum Gasteiger partial charge on any atom is -0.370 e. The van der Waals surface area contributed by atoms with Crippen LogP contribution in [0.3, 0.4) is 0 Å². The molecule has 2 aromatic carbocycles. The monoisotopic (exact) mass is 452 g/mol. The van der Waals surface area contributed by atoms with Gasteiger partial charge in [0, 0.05) is 28.0 Å². The van der Waals surface area contributed by atoms with Crippen molar-refractivity contribution in [3.8, 4) is 0 Å². The van der Waals surface area contributed by atoms with Gasteiger partial charge in [0.25, 0.3) is 0 Å². The van der Waals surface area contributed by atoms with Crippen LogP contribution in [0, 0.1) is 12.3 Å². The van der Waals surface area contributed by atoms with Gasteiger partial charge in [0.15, 0.2) is 5.96 Å². The van der Waals surface area contributed by atoms with Gasteiger partial charge in [0.1, 0.15) is 0 Å². The predicted molar refractivity (Wildman–Crippen MR) is 119 cm³/mol. The first-order chi connectivity index (χ1) is 14.1. The Labute approximate surface area is 182 Å². The van der Waals surface area contributed by atoms with Gasteiger partial charge in [-0.3, -0.25) is 10.4 Å². The predicted octanol–water partition coefficient (Wildman–Crippen LogP) is 5.04. The van der Waals surface area contributed by atoms with Gasteiger partial charge >= 0.3 is 6.18 Å². The molecule has 0 spiro atoms. The molecule has 0 fully saturated rings. The average Bonchev–Trinajstić information content (AvgIpc) is 3.05. The fraction of sp³-hybridized carbons (Fsp3) is 0.333. The van der Waals surface area contributed by atoms with Crippen LogP contribution in [0.2, 0.25) is 0 Å². The largest absolute Gasteiger partial charge is 0.416 e. The second-order valence-electron chi connectivity index (χ2n) is 7.07. The summed E-state index contributed by atoms with van der Waals surface area (Å²) in [6.07, 6.45) is -4.33. The normalized spacial score (nSPS) is 18.9. The molecule has 9 heteroatoms. The third-order valence-electron chi connectivity index (χ3n) is 4.78. The zero-order chi connectivity index (χ0) is 21.9. The molecule has 160 valence electrons. The number of alkyl halides is 3. The van der Waals surface area contributed by atoms with Gasteiger partial charge in [-0.05, 0) is 49.2 Å². The van der Waals surface area contributed by atoms with Crippen molar-refractivity contribution in [2.45, 2.75) is 42.8 Å². The zero-order valence-electron chi connectivity index (χ0n) is 16.6. The zero-order valence-corrected chi connectivity index (χ0v) is 18.2. The number of nitrogens with zero attached hydrogens (tertiary/aromatic N) is 1. The van der Waals surface area contributed by atoms with Crippen molar-refractivity contribution in [3.05, 3.63) is 64.7 Å². The number of aryl methyl sites for hydroxylation is 1. The highest BCUT2D eigenvalue weighted by atomic mass is 32.2. The summed E-state index contributed by atoms with van der Waals surface area (Å²) in [4.78, 5) is 5.81. The van der Waals surface area contributed by atoms with Gasteiger partial charge in [0.2, 0.25) is 0 Å². The molecule has 0 radical (unpaired) electrons. The van der Waals surface area contributed by atoms with Crippen LogP contribution in [0.4, 0.5) is 13.2 Å². The number of hydrogen-bond acceptors (Lipinski definition) is 4. The molecule has 4 nitrogen and oxygen atoms in total. The van der Waals surface area contributed by atoms with Crippen LogP contribution in [0.1, 0.15) is 29.2 Å². The van der Waals surface area contributed by atoms with Crippen LogP contribution in [-0.2, 0) is 12.7 Å². The average molecular weight is 453 g/mol. The molecule has 2 aromatic rings. The molecular formula is C21H23F3N4S2. The number of nitrogens with one attached hydrogen (secondary N) is 2. The van der Waals surface area contributed by atoms with E-state index in [-0.39, 0.29) is 17.3 Å². The van der Waals surface area contributed by atoms with Crippen molar-refractivity contribution in [3.63, 3.8) is 0 Å². The molecule has 0 bridgehead atoms. The van der Waals surface area contributed by atoms with Gasteiger partial charge in [-0.1, -0.05) is 30.0 Å². The number of benzene rings is 2. The Kier molecular flexibility index (Phi) is 7.02. The van der Waals surface area contributed by atoms with Crippen LogP contribution in [0.25, 0.3) is 0 Å². The molecule has 1 heterocycles. The lowest BCUT2D eigenvalue weighted by Gasteiger charge is -2.14. The summed E-state index contributed by atoms with van der Waals surface area (Å²) in [5.74, 6) is 0.799. The van der Waals surface area contributed by atoms with Crippen molar-refractivity contribution in [1.29, 1.82) is 5.41 Å². The third-order valence-corrected chi connectivity index (χ3v) is 7.53. The van der Waals surface area contributed by atoms with Gasteiger partial charge < -0.3 is 11.1 Å². The van der Waals surface area contributed by atoms with E-state index in [9.17, 15) is 13.2 Å². The first kappa shape index (κ1) is 22.6. The molecule has 0 saturated carbocycles. The molecule has 2 unspecified atom stereocenters. The molecule has 0 aromatic heterocycles. The summed E-state index contributed by atoms with van der Waals surface area (Å²) < 4.78 is 38.3. The minimum atomic E-state index is -4.33. The summed E-state index contributed by atoms with van der Waals surface area (Å²) in [7, 11) is 0. The van der Waals surface area contributed by atoms with E-state index in [2.05, 4.69) is 22.4 Å². The van der Waals surface area contributed by atoms with E-state index >= 15 is 0 Å². The molecule has 3 rings (SSSR count). The topological polar surface area (TPSA) is 74.3 Å². The molecular weight excluding hydrogens is 429 g/mol. The van der Waals surface area contributed by atoms with E-state index in [0.717, 1.165) is 44.5 Å². The maximum Gasteiger partial charge on any atom is 0.416 e. The van der Waals surface area contributed by atoms with E-state index in [1.807, 2.05) is 19.9 Å². The number of hydrogen-bond donors (Lipinski definition) is 3. The first-order valence-corrected chi connectivity index (χ1v) is 11.2. The summed E-state index contributed by atoms with van der Waals surface area (Å²) in [5, 5.41) is 11.1. The Morgan fingerprint density at radius 1 is 1.23 bits per heavy atom. The Hall–Kier alpha value is -2.13. The second kappa shape index (κ2) is 9.34. The number of nitrogens with two attached hydrogens (primary N) is 1. The number of aliphatic imine (C=N–C) groups is 1. The standard InChI is InChI=1S/C21H23F3N4S2/c1-12-9-17(8-5-15(12)10-27-20(25)26)29-11-18-13(2)28-19(30-18)14-3-6-16(7-4-14)21(22,23)24/h3-9,13,18H,10-11H2,1-2H3,(H4,25,26,27). The van der Waals surface area contributed by atoms with Crippen LogP contribution >= 0.6 is 23.5 Å². The molecule has 1 aliphatic rings. The second-order valence-corrected chi connectivity index (χ2v) is 9.39. The van der Waals surface area contributed by atoms with Crippen molar-refractivity contribution in [2.24, 2.45) is 10.7 Å². The number of guanidine groups is 1. The van der Waals surface area contributed by atoms with Crippen molar-refractivity contribution < 1.29 is 13.2 Å². The molecule has 30 heavy (non-hydrogen) atoms. The van der Waals surface area contributed by atoms with Crippen LogP contribution in [-0.4, -0.2) is 28.0 Å². The summed E-state index contributed by atoms with van der Waals surface area (Å²) >= 11 is 3.37. The minimum absolute atomic E-state index is 0.0519. The third kappa shape index (κ3) is 5.72. The first-order valence-electron chi connectivity index (χ1n) is 9.36. The lowest BCUT2D eigenvalue weighted by Crippen LogP contribution is -2.29. The molecule has 2 atom stereocenters. The van der Waals surface area contributed by atoms with Crippen molar-refractivity contribution in [2.75, 3.05) is 5.75 Å². The number of thioether (sulfide) groups is 2. The smallest absolute Gasteiger partial charge is 0.370 e. The SMILES string of the molecule is Cc1cc(SCC2SC(c3ccc(C(F)(F)F)cc3)=NC2C)ccc1CNC(=N)N. The fourth-order valence-corrected chi connectivity index (χ4v) is 5.56. The van der Waals surface area contributed by atoms with Gasteiger partial charge in [-0.25, -0.2) is 0 Å². The van der Waals surface area contributed by atoms with E-state index in [4.69, 9.17) is 11.1 Å². The van der Waals surface area contributed by atoms with Crippen LogP contribution < -0.4 is 11.1 Å². The highest BCUT2D eigenvalue weighted by Crippen LogP contribution is 2.36. The lowest BCUT2D eigenvalue weighted by atomic mass is 10.1. The summed E-state index contributed by atoms with van der Waals surface area (Å²) in [6, 6.07) is 11.5. The Morgan fingerprint density at radius 3 is 2.53 bits per heavy atom. The molecule has 0 saturated heterocycles. The molecule has 0 aliphatic carbocycles. The van der Waals surface area contributed by atoms with Gasteiger partial charge in [-0.15, -0.1) is 11.8 Å². The fourth-order valence-electron chi connectivity index (χ4n) is 2.98. The lowest BCUT2D eigenvalue weighted by molar-refractivity contribution is -0.137. The van der Waals surface area contributed by atoms with Crippen molar-refractivity contribution >= 4 is 34.5 Å².